The molecular formula is C13H17N3OS. The van der Waals surface area contributed by atoms with Crippen LogP contribution in [0.2, 0.25) is 0 Å². The predicted octanol–water partition coefficient (Wildman–Crippen LogP) is 2.20. The van der Waals surface area contributed by atoms with Gasteiger partial charge in [0.25, 0.3) is 0 Å². The first-order chi connectivity index (χ1) is 8.72. The predicted molar refractivity (Wildman–Crippen MR) is 71.8 cm³/mol. The van der Waals surface area contributed by atoms with E-state index < -0.39 is 0 Å². The van der Waals surface area contributed by atoms with E-state index in [1.807, 2.05) is 11.6 Å². The molecule has 0 aliphatic carbocycles. The number of likely N-dealkylation sites (tertiary alicyclic amines) is 1. The minimum atomic E-state index is 0.284. The molecule has 0 unspecified atom stereocenters. The van der Waals surface area contributed by atoms with E-state index in [2.05, 4.69) is 20.5 Å². The Hall–Kier alpha value is -1.20. The summed E-state index contributed by atoms with van der Waals surface area (Å²) in [6, 6.07) is 0. The number of hydrogen-bond acceptors (Lipinski definition) is 4. The highest BCUT2D eigenvalue weighted by Crippen LogP contribution is 2.20. The second kappa shape index (κ2) is 4.82. The first-order valence-corrected chi connectivity index (χ1v) is 7.24. The van der Waals surface area contributed by atoms with E-state index in [9.17, 15) is 4.79 Å². The number of rotatable bonds is 3. The van der Waals surface area contributed by atoms with Crippen LogP contribution in [0, 0.1) is 5.92 Å². The van der Waals surface area contributed by atoms with Gasteiger partial charge in [-0.2, -0.15) is 0 Å². The van der Waals surface area contributed by atoms with Crippen molar-refractivity contribution in [3.05, 3.63) is 23.5 Å². The van der Waals surface area contributed by atoms with Gasteiger partial charge in [0.15, 0.2) is 4.96 Å². The van der Waals surface area contributed by atoms with Crippen molar-refractivity contribution >= 4 is 22.1 Å². The number of Topliss-reactive ketones (excluding diaryl/α,β-unsaturated/α-hetero) is 1. The van der Waals surface area contributed by atoms with Crippen LogP contribution < -0.4 is 0 Å². The lowest BCUT2D eigenvalue weighted by atomic mass is 9.93. The third-order valence-corrected chi connectivity index (χ3v) is 4.46. The summed E-state index contributed by atoms with van der Waals surface area (Å²) in [6.07, 6.45) is 6.14. The molecule has 1 aliphatic rings. The van der Waals surface area contributed by atoms with Gasteiger partial charge < -0.3 is 0 Å². The van der Waals surface area contributed by atoms with Crippen molar-refractivity contribution in [3.8, 4) is 0 Å². The molecule has 0 saturated carbocycles. The lowest BCUT2D eigenvalue weighted by molar-refractivity contribution is -0.122. The highest BCUT2D eigenvalue weighted by molar-refractivity contribution is 7.15. The molecule has 1 fully saturated rings. The Balaban J connectivity index is 1.61. The zero-order chi connectivity index (χ0) is 12.5. The number of carbonyl (C=O) groups excluding carboxylic acids is 1. The van der Waals surface area contributed by atoms with Crippen LogP contribution in [0.3, 0.4) is 0 Å². The number of thiazole rings is 1. The van der Waals surface area contributed by atoms with Gasteiger partial charge >= 0.3 is 0 Å². The summed E-state index contributed by atoms with van der Waals surface area (Å²) in [5.74, 6) is 0.629. The average Bonchev–Trinajstić information content (AvgIpc) is 2.90. The Labute approximate surface area is 110 Å². The number of fused-ring (bicyclic) bond motifs is 1. The SMILES string of the molecule is CC(=O)C1CCN(Cc2cn3ccsc3n2)CC1. The minimum Gasteiger partial charge on any atom is -0.300 e. The average molecular weight is 263 g/mol. The maximum absolute atomic E-state index is 11.3. The molecular weight excluding hydrogens is 246 g/mol. The zero-order valence-electron chi connectivity index (χ0n) is 10.5. The van der Waals surface area contributed by atoms with Crippen LogP contribution in [-0.4, -0.2) is 33.2 Å². The standard InChI is InChI=1S/C13H17N3OS/c1-10(17)11-2-4-15(5-3-11)8-12-9-16-6-7-18-13(16)14-12/h6-7,9,11H,2-5,8H2,1H3. The third-order valence-electron chi connectivity index (χ3n) is 3.69. The molecule has 0 spiro atoms. The highest BCUT2D eigenvalue weighted by Gasteiger charge is 2.22. The van der Waals surface area contributed by atoms with E-state index in [0.29, 0.717) is 5.78 Å². The van der Waals surface area contributed by atoms with Crippen molar-refractivity contribution in [2.45, 2.75) is 26.3 Å². The number of nitrogens with zero attached hydrogens (tertiary/aromatic N) is 3. The summed E-state index contributed by atoms with van der Waals surface area (Å²) in [4.78, 5) is 19.4. The van der Waals surface area contributed by atoms with Crippen molar-refractivity contribution < 1.29 is 4.79 Å². The highest BCUT2D eigenvalue weighted by atomic mass is 32.1. The molecule has 2 aromatic heterocycles. The minimum absolute atomic E-state index is 0.284. The number of ketones is 1. The number of hydrogen-bond donors (Lipinski definition) is 0. The van der Waals surface area contributed by atoms with Gasteiger partial charge in [0.2, 0.25) is 0 Å². The summed E-state index contributed by atoms with van der Waals surface area (Å²) < 4.78 is 2.07. The van der Waals surface area contributed by atoms with Gasteiger partial charge in [-0.05, 0) is 32.9 Å². The van der Waals surface area contributed by atoms with Crippen LogP contribution in [0.4, 0.5) is 0 Å². The van der Waals surface area contributed by atoms with Gasteiger partial charge in [-0.25, -0.2) is 4.98 Å². The fraction of sp³-hybridized carbons (Fsp3) is 0.538. The van der Waals surface area contributed by atoms with Crippen LogP contribution in [0.1, 0.15) is 25.5 Å². The number of imidazole rings is 1. The maximum atomic E-state index is 11.3. The molecule has 4 nitrogen and oxygen atoms in total. The fourth-order valence-corrected chi connectivity index (χ4v) is 3.30. The van der Waals surface area contributed by atoms with Crippen LogP contribution in [0.5, 0.6) is 0 Å². The Morgan fingerprint density at radius 2 is 2.28 bits per heavy atom. The van der Waals surface area contributed by atoms with E-state index in [0.717, 1.165) is 43.1 Å². The lowest BCUT2D eigenvalue weighted by Gasteiger charge is -2.30. The maximum Gasteiger partial charge on any atom is 0.193 e. The molecule has 0 amide bonds. The Morgan fingerprint density at radius 1 is 1.50 bits per heavy atom. The van der Waals surface area contributed by atoms with E-state index in [-0.39, 0.29) is 5.92 Å². The van der Waals surface area contributed by atoms with E-state index in [4.69, 9.17) is 0 Å². The van der Waals surface area contributed by atoms with Gasteiger partial charge in [0.05, 0.1) is 5.69 Å². The fourth-order valence-electron chi connectivity index (χ4n) is 2.58. The van der Waals surface area contributed by atoms with Gasteiger partial charge in [0.1, 0.15) is 5.78 Å². The first kappa shape index (κ1) is 11.9. The van der Waals surface area contributed by atoms with E-state index >= 15 is 0 Å². The Kier molecular flexibility index (Phi) is 3.18. The normalized spacial score (nSPS) is 18.5. The molecule has 96 valence electrons. The van der Waals surface area contributed by atoms with Crippen LogP contribution in [-0.2, 0) is 11.3 Å². The summed E-state index contributed by atoms with van der Waals surface area (Å²) in [7, 11) is 0. The monoisotopic (exact) mass is 263 g/mol. The van der Waals surface area contributed by atoms with Gasteiger partial charge in [-0.15, -0.1) is 11.3 Å². The van der Waals surface area contributed by atoms with Gasteiger partial charge in [-0.1, -0.05) is 0 Å². The molecule has 0 bridgehead atoms. The van der Waals surface area contributed by atoms with Crippen molar-refractivity contribution in [1.82, 2.24) is 14.3 Å². The van der Waals surface area contributed by atoms with Gasteiger partial charge in [-0.3, -0.25) is 14.1 Å². The van der Waals surface area contributed by atoms with Crippen LogP contribution >= 0.6 is 11.3 Å². The second-order valence-corrected chi connectivity index (χ2v) is 5.86. The second-order valence-electron chi connectivity index (χ2n) is 4.99. The molecule has 2 aromatic rings. The van der Waals surface area contributed by atoms with E-state index in [1.54, 1.807) is 18.3 Å². The molecule has 5 heteroatoms. The third kappa shape index (κ3) is 2.33. The van der Waals surface area contributed by atoms with Crippen LogP contribution in [0.25, 0.3) is 4.96 Å². The smallest absolute Gasteiger partial charge is 0.193 e. The summed E-state index contributed by atoms with van der Waals surface area (Å²) in [6.45, 7) is 4.63. The zero-order valence-corrected chi connectivity index (χ0v) is 11.3. The Bertz CT molecular complexity index is 523. The largest absolute Gasteiger partial charge is 0.300 e. The van der Waals surface area contributed by atoms with Crippen molar-refractivity contribution in [1.29, 1.82) is 0 Å². The van der Waals surface area contributed by atoms with Crippen LogP contribution in [0.15, 0.2) is 17.8 Å². The first-order valence-electron chi connectivity index (χ1n) is 6.36. The molecule has 0 atom stereocenters. The molecule has 1 saturated heterocycles. The number of aromatic nitrogens is 2. The molecule has 18 heavy (non-hydrogen) atoms. The summed E-state index contributed by atoms with van der Waals surface area (Å²) in [5, 5.41) is 2.05. The summed E-state index contributed by atoms with van der Waals surface area (Å²) in [5.41, 5.74) is 1.13. The molecule has 1 aliphatic heterocycles. The summed E-state index contributed by atoms with van der Waals surface area (Å²) >= 11 is 1.66. The quantitative estimate of drug-likeness (QED) is 0.852. The topological polar surface area (TPSA) is 37.6 Å². The molecule has 0 radical (unpaired) electrons. The van der Waals surface area contributed by atoms with E-state index in [1.165, 1.54) is 0 Å². The molecule has 0 N–H and O–H groups in total. The molecule has 0 aromatic carbocycles. The van der Waals surface area contributed by atoms with Crippen molar-refractivity contribution in [2.75, 3.05) is 13.1 Å². The molecule has 3 rings (SSSR count). The number of carbonyl (C=O) groups is 1. The van der Waals surface area contributed by atoms with Crippen molar-refractivity contribution in [3.63, 3.8) is 0 Å². The Morgan fingerprint density at radius 3 is 2.94 bits per heavy atom. The molecule has 3 heterocycles. The van der Waals surface area contributed by atoms with Crippen molar-refractivity contribution in [2.24, 2.45) is 5.92 Å². The lowest BCUT2D eigenvalue weighted by Crippen LogP contribution is -2.35. The van der Waals surface area contributed by atoms with Gasteiger partial charge in [0, 0.05) is 30.2 Å². The number of piperidine rings is 1.